The Morgan fingerprint density at radius 2 is 1.90 bits per heavy atom. The van der Waals surface area contributed by atoms with Crippen LogP contribution >= 0.6 is 11.8 Å². The van der Waals surface area contributed by atoms with Crippen LogP contribution in [0.25, 0.3) is 11.4 Å². The molecule has 1 aromatic carbocycles. The molecule has 1 atom stereocenters. The van der Waals surface area contributed by atoms with Gasteiger partial charge in [-0.15, -0.1) is 11.8 Å². The number of aryl methyl sites for hydroxylation is 1. The number of aromatic nitrogens is 2. The predicted octanol–water partition coefficient (Wildman–Crippen LogP) is 5.37. The molecule has 0 bridgehead atoms. The average molecular weight is 300 g/mol. The third-order valence-electron chi connectivity index (χ3n) is 3.43. The molecular weight excluding hydrogens is 276 g/mol. The van der Waals surface area contributed by atoms with E-state index in [1.165, 1.54) is 19.3 Å². The Kier molecular flexibility index (Phi) is 6.24. The van der Waals surface area contributed by atoms with Crippen LogP contribution in [-0.2, 0) is 0 Å². The summed E-state index contributed by atoms with van der Waals surface area (Å²) in [5.41, 5.74) is 2.12. The van der Waals surface area contributed by atoms with Gasteiger partial charge in [0, 0.05) is 17.0 Å². The van der Waals surface area contributed by atoms with Gasteiger partial charge in [-0.05, 0) is 25.3 Å². The van der Waals surface area contributed by atoms with Crippen molar-refractivity contribution in [3.63, 3.8) is 0 Å². The SMILES string of the molecule is CCCCC(C)CSc1cc(C)nc(-c2ccccc2)n1. The zero-order valence-electron chi connectivity index (χ0n) is 13.2. The summed E-state index contributed by atoms with van der Waals surface area (Å²) >= 11 is 1.85. The summed E-state index contributed by atoms with van der Waals surface area (Å²) in [5, 5.41) is 1.09. The van der Waals surface area contributed by atoms with Crippen LogP contribution in [0.5, 0.6) is 0 Å². The van der Waals surface area contributed by atoms with Crippen molar-refractivity contribution in [1.29, 1.82) is 0 Å². The molecule has 0 fully saturated rings. The molecule has 21 heavy (non-hydrogen) atoms. The molecule has 0 saturated carbocycles. The first kappa shape index (κ1) is 16.0. The van der Waals surface area contributed by atoms with Crippen LogP contribution in [0, 0.1) is 12.8 Å². The molecule has 0 aliphatic heterocycles. The van der Waals surface area contributed by atoms with Crippen LogP contribution in [-0.4, -0.2) is 15.7 Å². The second kappa shape index (κ2) is 8.18. The van der Waals surface area contributed by atoms with Gasteiger partial charge >= 0.3 is 0 Å². The molecule has 0 amide bonds. The minimum Gasteiger partial charge on any atom is -0.233 e. The van der Waals surface area contributed by atoms with Crippen LogP contribution in [0.4, 0.5) is 0 Å². The van der Waals surface area contributed by atoms with Crippen molar-refractivity contribution in [2.45, 2.75) is 45.1 Å². The summed E-state index contributed by atoms with van der Waals surface area (Å²) in [6.45, 7) is 6.62. The lowest BCUT2D eigenvalue weighted by molar-refractivity contribution is 0.557. The van der Waals surface area contributed by atoms with Crippen LogP contribution in [0.1, 0.15) is 38.8 Å². The van der Waals surface area contributed by atoms with Crippen LogP contribution in [0.3, 0.4) is 0 Å². The highest BCUT2D eigenvalue weighted by atomic mass is 32.2. The first-order valence-electron chi connectivity index (χ1n) is 7.73. The summed E-state index contributed by atoms with van der Waals surface area (Å²) in [6.07, 6.45) is 3.90. The highest BCUT2D eigenvalue weighted by molar-refractivity contribution is 7.99. The van der Waals surface area contributed by atoms with E-state index in [9.17, 15) is 0 Å². The molecule has 1 aromatic heterocycles. The summed E-state index contributed by atoms with van der Waals surface area (Å²) in [7, 11) is 0. The van der Waals surface area contributed by atoms with Crippen molar-refractivity contribution in [3.8, 4) is 11.4 Å². The molecule has 112 valence electrons. The number of thioether (sulfide) groups is 1. The van der Waals surface area contributed by atoms with E-state index < -0.39 is 0 Å². The second-order valence-corrected chi connectivity index (χ2v) is 6.64. The Hall–Kier alpha value is -1.35. The molecule has 0 N–H and O–H groups in total. The summed E-state index contributed by atoms with van der Waals surface area (Å²) in [4.78, 5) is 9.26. The Labute approximate surface area is 132 Å². The number of unbranched alkanes of at least 4 members (excludes halogenated alkanes) is 1. The molecule has 0 spiro atoms. The van der Waals surface area contributed by atoms with Gasteiger partial charge in [-0.3, -0.25) is 0 Å². The number of hydrogen-bond donors (Lipinski definition) is 0. The Morgan fingerprint density at radius 1 is 1.14 bits per heavy atom. The van der Waals surface area contributed by atoms with Gasteiger partial charge < -0.3 is 0 Å². The lowest BCUT2D eigenvalue weighted by atomic mass is 10.1. The molecule has 2 rings (SSSR count). The summed E-state index contributed by atoms with van der Waals surface area (Å²) in [6, 6.07) is 12.3. The minimum atomic E-state index is 0.741. The average Bonchev–Trinajstić information content (AvgIpc) is 2.51. The quantitative estimate of drug-likeness (QED) is 0.508. The fraction of sp³-hybridized carbons (Fsp3) is 0.444. The van der Waals surface area contributed by atoms with Crippen molar-refractivity contribution in [2.24, 2.45) is 5.92 Å². The maximum absolute atomic E-state index is 4.71. The van der Waals surface area contributed by atoms with Gasteiger partial charge in [0.25, 0.3) is 0 Å². The zero-order valence-corrected chi connectivity index (χ0v) is 14.0. The first-order chi connectivity index (χ1) is 10.2. The fourth-order valence-corrected chi connectivity index (χ4v) is 3.22. The molecule has 0 aliphatic rings. The number of rotatable bonds is 7. The zero-order chi connectivity index (χ0) is 15.1. The Balaban J connectivity index is 2.06. The predicted molar refractivity (Wildman–Crippen MR) is 91.6 cm³/mol. The van der Waals surface area contributed by atoms with Gasteiger partial charge in [0.15, 0.2) is 5.82 Å². The molecule has 3 heteroatoms. The van der Waals surface area contributed by atoms with E-state index in [4.69, 9.17) is 4.98 Å². The van der Waals surface area contributed by atoms with E-state index in [1.54, 1.807) is 0 Å². The van der Waals surface area contributed by atoms with Gasteiger partial charge in [0.1, 0.15) is 5.03 Å². The topological polar surface area (TPSA) is 25.8 Å². The van der Waals surface area contributed by atoms with E-state index in [0.717, 1.165) is 33.8 Å². The van der Waals surface area contributed by atoms with Crippen molar-refractivity contribution in [2.75, 3.05) is 5.75 Å². The minimum absolute atomic E-state index is 0.741. The van der Waals surface area contributed by atoms with Crippen LogP contribution in [0.2, 0.25) is 0 Å². The first-order valence-corrected chi connectivity index (χ1v) is 8.71. The maximum atomic E-state index is 4.71. The Bertz CT molecular complexity index is 554. The number of benzene rings is 1. The van der Waals surface area contributed by atoms with E-state index in [1.807, 2.05) is 36.9 Å². The molecule has 2 aromatic rings. The molecule has 1 unspecified atom stereocenters. The largest absolute Gasteiger partial charge is 0.233 e. The van der Waals surface area contributed by atoms with Crippen LogP contribution in [0.15, 0.2) is 41.4 Å². The highest BCUT2D eigenvalue weighted by Gasteiger charge is 2.07. The molecule has 1 heterocycles. The third kappa shape index (κ3) is 5.16. The van der Waals surface area contributed by atoms with Crippen molar-refractivity contribution < 1.29 is 0 Å². The van der Waals surface area contributed by atoms with E-state index >= 15 is 0 Å². The number of hydrogen-bond acceptors (Lipinski definition) is 3. The van der Waals surface area contributed by atoms with Crippen molar-refractivity contribution in [3.05, 3.63) is 42.1 Å². The Morgan fingerprint density at radius 3 is 2.62 bits per heavy atom. The van der Waals surface area contributed by atoms with Crippen molar-refractivity contribution >= 4 is 11.8 Å². The monoisotopic (exact) mass is 300 g/mol. The van der Waals surface area contributed by atoms with Crippen molar-refractivity contribution in [1.82, 2.24) is 9.97 Å². The highest BCUT2D eigenvalue weighted by Crippen LogP contribution is 2.24. The molecule has 0 saturated heterocycles. The summed E-state index contributed by atoms with van der Waals surface area (Å²) in [5.74, 6) is 2.70. The lowest BCUT2D eigenvalue weighted by Crippen LogP contribution is -2.00. The maximum Gasteiger partial charge on any atom is 0.160 e. The van der Waals surface area contributed by atoms with E-state index in [2.05, 4.69) is 37.0 Å². The molecule has 2 nitrogen and oxygen atoms in total. The normalized spacial score (nSPS) is 12.3. The van der Waals surface area contributed by atoms with E-state index in [0.29, 0.717) is 0 Å². The van der Waals surface area contributed by atoms with Gasteiger partial charge in [0.2, 0.25) is 0 Å². The summed E-state index contributed by atoms with van der Waals surface area (Å²) < 4.78 is 0. The second-order valence-electron chi connectivity index (χ2n) is 5.60. The molecule has 0 radical (unpaired) electrons. The van der Waals surface area contributed by atoms with Gasteiger partial charge in [0.05, 0.1) is 0 Å². The molecule has 0 aliphatic carbocycles. The van der Waals surface area contributed by atoms with Gasteiger partial charge in [-0.2, -0.15) is 0 Å². The van der Waals surface area contributed by atoms with Gasteiger partial charge in [-0.25, -0.2) is 9.97 Å². The number of nitrogens with zero attached hydrogens (tertiary/aromatic N) is 2. The standard InChI is InChI=1S/C18H24N2S/c1-4-5-9-14(2)13-21-17-12-15(3)19-18(20-17)16-10-7-6-8-11-16/h6-8,10-12,14H,4-5,9,13H2,1-3H3. The molecular formula is C18H24N2S. The third-order valence-corrected chi connectivity index (χ3v) is 4.67. The van der Waals surface area contributed by atoms with Crippen LogP contribution < -0.4 is 0 Å². The van der Waals surface area contributed by atoms with Gasteiger partial charge in [-0.1, -0.05) is 57.0 Å². The fourth-order valence-electron chi connectivity index (χ4n) is 2.19. The van der Waals surface area contributed by atoms with E-state index in [-0.39, 0.29) is 0 Å². The lowest BCUT2D eigenvalue weighted by Gasteiger charge is -2.11. The smallest absolute Gasteiger partial charge is 0.160 e.